The normalized spacial score (nSPS) is 13.3. The van der Waals surface area contributed by atoms with Crippen molar-refractivity contribution in [2.45, 2.75) is 39.0 Å². The third-order valence-electron chi connectivity index (χ3n) is 2.25. The molecule has 2 N–H and O–H groups in total. The van der Waals surface area contributed by atoms with Crippen LogP contribution in [0.2, 0.25) is 0 Å². The van der Waals surface area contributed by atoms with E-state index in [9.17, 15) is 9.90 Å². The van der Waals surface area contributed by atoms with Crippen LogP contribution < -0.4 is 5.32 Å². The van der Waals surface area contributed by atoms with Gasteiger partial charge in [0.2, 0.25) is 0 Å². The van der Waals surface area contributed by atoms with Crippen LogP contribution in [-0.4, -0.2) is 58.2 Å². The van der Waals surface area contributed by atoms with Crippen molar-refractivity contribution in [2.24, 2.45) is 0 Å². The molecule has 0 aliphatic heterocycles. The molecule has 1 unspecified atom stereocenters. The molecule has 0 aromatic carbocycles. The zero-order valence-electron chi connectivity index (χ0n) is 12.8. The lowest BCUT2D eigenvalue weighted by atomic mass is 10.2. The van der Waals surface area contributed by atoms with Crippen molar-refractivity contribution >= 4 is 11.8 Å². The lowest BCUT2D eigenvalue weighted by molar-refractivity contribution is 0.0636. The second kappa shape index (κ2) is 6.71. The van der Waals surface area contributed by atoms with Crippen LogP contribution in [0, 0.1) is 0 Å². The molecule has 1 rings (SSSR count). The highest BCUT2D eigenvalue weighted by molar-refractivity contribution is 5.84. The predicted octanol–water partition coefficient (Wildman–Crippen LogP) is 1.15. The molecule has 7 nitrogen and oxygen atoms in total. The number of anilines is 1. The van der Waals surface area contributed by atoms with E-state index in [0.717, 1.165) is 0 Å². The van der Waals surface area contributed by atoms with E-state index in [-0.39, 0.29) is 0 Å². The van der Waals surface area contributed by atoms with Crippen LogP contribution in [0.3, 0.4) is 0 Å². The molecule has 1 aromatic rings. The van der Waals surface area contributed by atoms with Crippen molar-refractivity contribution < 1.29 is 14.6 Å². The van der Waals surface area contributed by atoms with Gasteiger partial charge >= 0.3 is 6.09 Å². The summed E-state index contributed by atoms with van der Waals surface area (Å²) in [5.74, 6) is 0. The Morgan fingerprint density at radius 3 is 2.75 bits per heavy atom. The molecule has 0 aliphatic rings. The number of hydrogen-bond donors (Lipinski definition) is 2. The van der Waals surface area contributed by atoms with Gasteiger partial charge in [-0.2, -0.15) is 5.10 Å². The Balaban J connectivity index is 2.49. The van der Waals surface area contributed by atoms with E-state index in [1.165, 1.54) is 6.20 Å². The van der Waals surface area contributed by atoms with Gasteiger partial charge in [0.25, 0.3) is 0 Å². The summed E-state index contributed by atoms with van der Waals surface area (Å²) in [7, 11) is 3.78. The number of aromatic nitrogens is 2. The Morgan fingerprint density at radius 2 is 2.20 bits per heavy atom. The lowest BCUT2D eigenvalue weighted by Gasteiger charge is -2.19. The van der Waals surface area contributed by atoms with Crippen LogP contribution in [-0.2, 0) is 11.3 Å². The van der Waals surface area contributed by atoms with Crippen LogP contribution >= 0.6 is 0 Å². The van der Waals surface area contributed by atoms with E-state index in [0.29, 0.717) is 18.8 Å². The van der Waals surface area contributed by atoms with Gasteiger partial charge in [0, 0.05) is 12.7 Å². The zero-order valence-corrected chi connectivity index (χ0v) is 12.8. The molecule has 0 fully saturated rings. The van der Waals surface area contributed by atoms with Gasteiger partial charge in [-0.05, 0) is 34.9 Å². The van der Waals surface area contributed by atoms with Crippen molar-refractivity contribution in [2.75, 3.05) is 26.0 Å². The fraction of sp³-hybridized carbons (Fsp3) is 0.692. The molecule has 1 amide bonds. The Bertz CT molecular complexity index is 437. The Labute approximate surface area is 119 Å². The number of nitrogens with zero attached hydrogens (tertiary/aromatic N) is 3. The number of likely N-dealkylation sites (N-methyl/N-ethyl adjacent to an activating group) is 1. The summed E-state index contributed by atoms with van der Waals surface area (Å²) >= 11 is 0. The standard InChI is InChI=1S/C13H24N4O3/c1-13(2,3)20-12(19)15-10-6-14-17(7-10)9-11(18)8-16(4)5/h6-7,11,18H,8-9H2,1-5H3,(H,15,19). The van der Waals surface area contributed by atoms with Crippen LogP contribution in [0.4, 0.5) is 10.5 Å². The summed E-state index contributed by atoms with van der Waals surface area (Å²) in [4.78, 5) is 13.5. The molecule has 0 radical (unpaired) electrons. The quantitative estimate of drug-likeness (QED) is 0.848. The number of ether oxygens (including phenoxy) is 1. The molecule has 0 saturated carbocycles. The fourth-order valence-corrected chi connectivity index (χ4v) is 1.64. The van der Waals surface area contributed by atoms with E-state index in [4.69, 9.17) is 4.74 Å². The summed E-state index contributed by atoms with van der Waals surface area (Å²) in [6.07, 6.45) is 2.14. The Morgan fingerprint density at radius 1 is 1.55 bits per heavy atom. The minimum absolute atomic E-state index is 0.369. The first-order chi connectivity index (χ1) is 9.15. The van der Waals surface area contributed by atoms with Gasteiger partial charge < -0.3 is 14.7 Å². The molecule has 0 aliphatic carbocycles. The van der Waals surface area contributed by atoms with Gasteiger partial charge in [0.05, 0.1) is 24.5 Å². The van der Waals surface area contributed by atoms with Crippen molar-refractivity contribution in [3.63, 3.8) is 0 Å². The molecule has 1 aromatic heterocycles. The minimum Gasteiger partial charge on any atom is -0.444 e. The second-order valence-electron chi connectivity index (χ2n) is 5.99. The minimum atomic E-state index is -0.540. The second-order valence-corrected chi connectivity index (χ2v) is 5.99. The smallest absolute Gasteiger partial charge is 0.412 e. The zero-order chi connectivity index (χ0) is 15.3. The van der Waals surface area contributed by atoms with Crippen molar-refractivity contribution in [3.05, 3.63) is 12.4 Å². The van der Waals surface area contributed by atoms with Gasteiger partial charge in [-0.3, -0.25) is 10.00 Å². The Kier molecular flexibility index (Phi) is 5.52. The predicted molar refractivity (Wildman–Crippen MR) is 76.6 cm³/mol. The number of carbonyl (C=O) groups is 1. The maximum atomic E-state index is 11.6. The third-order valence-corrected chi connectivity index (χ3v) is 2.25. The van der Waals surface area contributed by atoms with Gasteiger partial charge in [-0.1, -0.05) is 0 Å². The molecule has 7 heteroatoms. The van der Waals surface area contributed by atoms with E-state index >= 15 is 0 Å². The highest BCUT2D eigenvalue weighted by Gasteiger charge is 2.16. The van der Waals surface area contributed by atoms with Gasteiger partial charge in [0.15, 0.2) is 0 Å². The number of carbonyl (C=O) groups excluding carboxylic acids is 1. The maximum Gasteiger partial charge on any atom is 0.412 e. The summed E-state index contributed by atoms with van der Waals surface area (Å²) in [6.45, 7) is 6.32. The van der Waals surface area contributed by atoms with E-state index in [2.05, 4.69) is 10.4 Å². The first kappa shape index (κ1) is 16.5. The van der Waals surface area contributed by atoms with E-state index in [1.54, 1.807) is 31.6 Å². The number of rotatable bonds is 5. The maximum absolute atomic E-state index is 11.6. The third kappa shape index (κ3) is 6.53. The largest absolute Gasteiger partial charge is 0.444 e. The first-order valence-electron chi connectivity index (χ1n) is 6.51. The number of amides is 1. The van der Waals surface area contributed by atoms with Gasteiger partial charge in [-0.15, -0.1) is 0 Å². The molecule has 0 spiro atoms. The molecule has 20 heavy (non-hydrogen) atoms. The monoisotopic (exact) mass is 284 g/mol. The van der Waals surface area contributed by atoms with Crippen LogP contribution in [0.25, 0.3) is 0 Å². The van der Waals surface area contributed by atoms with Gasteiger partial charge in [0.1, 0.15) is 5.60 Å². The first-order valence-corrected chi connectivity index (χ1v) is 6.51. The van der Waals surface area contributed by atoms with Crippen molar-refractivity contribution in [3.8, 4) is 0 Å². The number of nitrogens with one attached hydrogen (secondary N) is 1. The highest BCUT2D eigenvalue weighted by atomic mass is 16.6. The van der Waals surface area contributed by atoms with E-state index in [1.807, 2.05) is 19.0 Å². The fourth-order valence-electron chi connectivity index (χ4n) is 1.64. The topological polar surface area (TPSA) is 79.6 Å². The number of aliphatic hydroxyl groups is 1. The average molecular weight is 284 g/mol. The SMILES string of the molecule is CN(C)CC(O)Cn1cc(NC(=O)OC(C)(C)C)cn1. The molecule has 1 heterocycles. The Hall–Kier alpha value is -1.60. The summed E-state index contributed by atoms with van der Waals surface area (Å²) in [5, 5.41) is 16.5. The number of hydrogen-bond acceptors (Lipinski definition) is 5. The number of aliphatic hydroxyl groups excluding tert-OH is 1. The lowest BCUT2D eigenvalue weighted by Crippen LogP contribution is -2.29. The molecule has 0 bridgehead atoms. The molecule has 114 valence electrons. The van der Waals surface area contributed by atoms with Crippen molar-refractivity contribution in [1.82, 2.24) is 14.7 Å². The summed E-state index contributed by atoms with van der Waals surface area (Å²) < 4.78 is 6.73. The molecular weight excluding hydrogens is 260 g/mol. The summed E-state index contributed by atoms with van der Waals surface area (Å²) in [6, 6.07) is 0. The average Bonchev–Trinajstić information content (AvgIpc) is 2.60. The molecule has 1 atom stereocenters. The van der Waals surface area contributed by atoms with Crippen LogP contribution in [0.5, 0.6) is 0 Å². The van der Waals surface area contributed by atoms with Crippen LogP contribution in [0.15, 0.2) is 12.4 Å². The molecule has 0 saturated heterocycles. The molecular formula is C13H24N4O3. The summed E-state index contributed by atoms with van der Waals surface area (Å²) in [5.41, 5.74) is -0.00146. The van der Waals surface area contributed by atoms with Crippen molar-refractivity contribution in [1.29, 1.82) is 0 Å². The van der Waals surface area contributed by atoms with Gasteiger partial charge in [-0.25, -0.2) is 4.79 Å². The van der Waals surface area contributed by atoms with Crippen LogP contribution in [0.1, 0.15) is 20.8 Å². The highest BCUT2D eigenvalue weighted by Crippen LogP contribution is 2.11. The van der Waals surface area contributed by atoms with E-state index < -0.39 is 17.8 Å².